The van der Waals surface area contributed by atoms with Crippen LogP contribution in [0.1, 0.15) is 66.5 Å². The van der Waals surface area contributed by atoms with Crippen LogP contribution >= 0.6 is 11.8 Å². The molecule has 9 atom stereocenters. The Morgan fingerprint density at radius 3 is 1.85 bits per heavy atom. The average molecular weight is 854 g/mol. The SMILES string of the molecule is CSCC[C@H](NC(=O)[C@H](C)N)C(=O)N[C@@H](C)C(=O)N[C@@H](C)C(=O)N[C@@H](CO)C(=O)N1CCC[C@H]1C(=O)N[C@@H](Cc1cnc[nH]1)C(=O)N[C@@H](C)C(=O)N[C@H](C(=O)O)C(C)C. The minimum atomic E-state index is -1.53. The van der Waals surface area contributed by atoms with Crippen LogP contribution in [0, 0.1) is 5.92 Å². The van der Waals surface area contributed by atoms with E-state index in [0.717, 1.165) is 4.90 Å². The van der Waals surface area contributed by atoms with Crippen molar-refractivity contribution in [3.05, 3.63) is 18.2 Å². The number of aliphatic carboxylic acids is 1. The summed E-state index contributed by atoms with van der Waals surface area (Å²) >= 11 is 1.45. The van der Waals surface area contributed by atoms with Crippen molar-refractivity contribution in [1.29, 1.82) is 0 Å². The molecule has 1 aromatic heterocycles. The number of aromatic amines is 1. The van der Waals surface area contributed by atoms with E-state index in [1.54, 1.807) is 13.8 Å². The molecule has 1 aliphatic heterocycles. The van der Waals surface area contributed by atoms with E-state index in [1.807, 2.05) is 6.26 Å². The van der Waals surface area contributed by atoms with E-state index in [-0.39, 0.29) is 25.8 Å². The number of hydrogen-bond donors (Lipinski definition) is 11. The smallest absolute Gasteiger partial charge is 0.326 e. The molecule has 1 fully saturated rings. The zero-order chi connectivity index (χ0) is 44.6. The summed E-state index contributed by atoms with van der Waals surface area (Å²) in [5.74, 6) is -7.03. The summed E-state index contributed by atoms with van der Waals surface area (Å²) < 4.78 is 0. The topological polar surface area (TPSA) is 336 Å². The summed E-state index contributed by atoms with van der Waals surface area (Å²) in [4.78, 5) is 124. The Balaban J connectivity index is 2.08. The molecule has 0 aliphatic carbocycles. The fraction of sp³-hybridized carbons (Fsp3) is 0.667. The van der Waals surface area contributed by atoms with Crippen molar-refractivity contribution in [2.45, 2.75) is 122 Å². The average Bonchev–Trinajstić information content (AvgIpc) is 3.89. The molecule has 12 N–H and O–H groups in total. The number of imidazole rings is 1. The van der Waals surface area contributed by atoms with Gasteiger partial charge in [0.05, 0.1) is 19.0 Å². The highest BCUT2D eigenvalue weighted by Crippen LogP contribution is 2.19. The molecule has 1 saturated heterocycles. The molecule has 0 saturated carbocycles. The van der Waals surface area contributed by atoms with Gasteiger partial charge in [-0.2, -0.15) is 11.8 Å². The quantitative estimate of drug-likeness (QED) is 0.0504. The zero-order valence-electron chi connectivity index (χ0n) is 34.3. The van der Waals surface area contributed by atoms with Crippen LogP contribution in [-0.4, -0.2) is 158 Å². The van der Waals surface area contributed by atoms with Gasteiger partial charge in [0.15, 0.2) is 0 Å². The maximum Gasteiger partial charge on any atom is 0.326 e. The van der Waals surface area contributed by atoms with Crippen LogP contribution in [0.25, 0.3) is 0 Å². The summed E-state index contributed by atoms with van der Waals surface area (Å²) in [5, 5.41) is 37.0. The van der Waals surface area contributed by atoms with Gasteiger partial charge in [-0.15, -0.1) is 0 Å². The molecule has 23 heteroatoms. The molecule has 8 amide bonds. The molecular weight excluding hydrogens is 795 g/mol. The second-order valence-electron chi connectivity index (χ2n) is 14.7. The normalized spacial score (nSPS) is 17.8. The third kappa shape index (κ3) is 15.4. The summed E-state index contributed by atoms with van der Waals surface area (Å²) in [6.07, 6.45) is 5.34. The van der Waals surface area contributed by atoms with Gasteiger partial charge in [0, 0.05) is 24.9 Å². The highest BCUT2D eigenvalue weighted by Gasteiger charge is 2.40. The van der Waals surface area contributed by atoms with Crippen LogP contribution in [0.4, 0.5) is 0 Å². The highest BCUT2D eigenvalue weighted by molar-refractivity contribution is 7.98. The van der Waals surface area contributed by atoms with Gasteiger partial charge in [-0.25, -0.2) is 9.78 Å². The molecule has 0 radical (unpaired) electrons. The van der Waals surface area contributed by atoms with Gasteiger partial charge in [0.25, 0.3) is 0 Å². The first-order valence-electron chi connectivity index (χ1n) is 19.2. The molecule has 22 nitrogen and oxygen atoms in total. The molecule has 0 aromatic carbocycles. The van der Waals surface area contributed by atoms with Gasteiger partial charge in [0.2, 0.25) is 47.3 Å². The monoisotopic (exact) mass is 853 g/mol. The fourth-order valence-electron chi connectivity index (χ4n) is 5.84. The van der Waals surface area contributed by atoms with E-state index >= 15 is 0 Å². The number of aromatic nitrogens is 2. The molecule has 330 valence electrons. The van der Waals surface area contributed by atoms with Gasteiger partial charge >= 0.3 is 5.97 Å². The number of likely N-dealkylation sites (tertiary alicyclic amines) is 1. The number of aliphatic hydroxyl groups excluding tert-OH is 1. The summed E-state index contributed by atoms with van der Waals surface area (Å²) in [6.45, 7) is 7.94. The van der Waals surface area contributed by atoms with E-state index in [1.165, 1.54) is 52.0 Å². The van der Waals surface area contributed by atoms with Crippen molar-refractivity contribution >= 4 is 65.0 Å². The molecule has 1 aliphatic rings. The number of carbonyl (C=O) groups excluding carboxylic acids is 8. The number of hydrogen-bond acceptors (Lipinski definition) is 13. The number of carbonyl (C=O) groups is 9. The Bertz CT molecular complexity index is 1650. The lowest BCUT2D eigenvalue weighted by atomic mass is 10.0. The van der Waals surface area contributed by atoms with Crippen molar-refractivity contribution in [3.8, 4) is 0 Å². The molecular formula is C36H59N11O11S. The maximum absolute atomic E-state index is 13.7. The summed E-state index contributed by atoms with van der Waals surface area (Å²) in [7, 11) is 0. The lowest BCUT2D eigenvalue weighted by Crippen LogP contribution is -2.60. The predicted octanol–water partition coefficient (Wildman–Crippen LogP) is -3.77. The molecule has 0 bridgehead atoms. The van der Waals surface area contributed by atoms with Crippen LogP contribution in [0.5, 0.6) is 0 Å². The Morgan fingerprint density at radius 2 is 1.34 bits per heavy atom. The number of nitrogens with zero attached hydrogens (tertiary/aromatic N) is 2. The van der Waals surface area contributed by atoms with Crippen molar-refractivity contribution in [2.75, 3.05) is 25.2 Å². The number of rotatable bonds is 23. The number of amides is 8. The van der Waals surface area contributed by atoms with Gasteiger partial charge in [-0.05, 0) is 64.9 Å². The van der Waals surface area contributed by atoms with E-state index in [9.17, 15) is 53.4 Å². The van der Waals surface area contributed by atoms with Gasteiger partial charge < -0.3 is 63.0 Å². The Labute approximate surface area is 346 Å². The first-order chi connectivity index (χ1) is 27.7. The summed E-state index contributed by atoms with van der Waals surface area (Å²) in [5.41, 5.74) is 6.06. The Hall–Kier alpha value is -5.29. The third-order valence-electron chi connectivity index (χ3n) is 9.39. The number of carboxylic acids is 1. The number of aliphatic hydroxyl groups is 1. The number of nitrogens with two attached hydrogens (primary N) is 1. The van der Waals surface area contributed by atoms with Crippen molar-refractivity contribution < 1.29 is 53.4 Å². The van der Waals surface area contributed by atoms with Crippen LogP contribution in [-0.2, 0) is 49.6 Å². The lowest BCUT2D eigenvalue weighted by molar-refractivity contribution is -0.143. The molecule has 1 aromatic rings. The molecule has 2 rings (SSSR count). The second kappa shape index (κ2) is 24.0. The minimum Gasteiger partial charge on any atom is -0.480 e. The molecule has 0 spiro atoms. The number of nitrogens with one attached hydrogen (secondary N) is 8. The van der Waals surface area contributed by atoms with E-state index in [2.05, 4.69) is 47.2 Å². The van der Waals surface area contributed by atoms with E-state index < -0.39 is 120 Å². The van der Waals surface area contributed by atoms with Crippen molar-refractivity contribution in [2.24, 2.45) is 11.7 Å². The van der Waals surface area contributed by atoms with E-state index in [4.69, 9.17) is 5.73 Å². The second-order valence-corrected chi connectivity index (χ2v) is 15.7. The van der Waals surface area contributed by atoms with Gasteiger partial charge in [-0.3, -0.25) is 38.4 Å². The molecule has 0 unspecified atom stereocenters. The predicted molar refractivity (Wildman–Crippen MR) is 214 cm³/mol. The number of H-pyrrole nitrogens is 1. The van der Waals surface area contributed by atoms with Crippen molar-refractivity contribution in [1.82, 2.24) is 52.1 Å². The van der Waals surface area contributed by atoms with Crippen LogP contribution in [0.2, 0.25) is 0 Å². The van der Waals surface area contributed by atoms with Crippen LogP contribution in [0.15, 0.2) is 12.5 Å². The van der Waals surface area contributed by atoms with Gasteiger partial charge in [-0.1, -0.05) is 13.8 Å². The highest BCUT2D eigenvalue weighted by atomic mass is 32.2. The van der Waals surface area contributed by atoms with Crippen LogP contribution < -0.4 is 43.0 Å². The largest absolute Gasteiger partial charge is 0.480 e. The zero-order valence-corrected chi connectivity index (χ0v) is 35.1. The third-order valence-corrected chi connectivity index (χ3v) is 10.0. The number of thioether (sulfide) groups is 1. The first-order valence-corrected chi connectivity index (χ1v) is 20.6. The Kier molecular flexibility index (Phi) is 20.2. The molecule has 2 heterocycles. The fourth-order valence-corrected chi connectivity index (χ4v) is 6.31. The van der Waals surface area contributed by atoms with Crippen molar-refractivity contribution in [3.63, 3.8) is 0 Å². The molecule has 59 heavy (non-hydrogen) atoms. The Morgan fingerprint density at radius 1 is 0.797 bits per heavy atom. The summed E-state index contributed by atoms with van der Waals surface area (Å²) in [6, 6.07) is -10.6. The number of carboxylic acid groups (broad SMARTS) is 1. The first kappa shape index (κ1) is 49.9. The maximum atomic E-state index is 13.7. The van der Waals surface area contributed by atoms with Crippen LogP contribution in [0.3, 0.4) is 0 Å². The minimum absolute atomic E-state index is 0.0740. The standard InChI is InChI=1S/C36H59N11O11S/c1-17(2)27(36(57)58)46-31(52)21(6)42-33(54)24(13-22-14-38-16-39-22)44-34(55)26-9-8-11-47(26)35(56)25(15-48)45-30(51)20(5)40-29(50)19(4)41-32(53)23(10-12-59-7)43-28(49)18(3)37/h14,16-21,23-27,48H,8-13,15,37H2,1-7H3,(H,38,39)(H,40,50)(H,41,53)(H,42,54)(H,43,49)(H,44,55)(H,45,51)(H,46,52)(H,57,58)/t18-,19-,20-,21-,23-,24-,25-,26-,27-/m0/s1. The van der Waals surface area contributed by atoms with E-state index in [0.29, 0.717) is 17.9 Å². The lowest BCUT2D eigenvalue weighted by Gasteiger charge is -2.30. The van der Waals surface area contributed by atoms with Gasteiger partial charge in [0.1, 0.15) is 48.3 Å².